The summed E-state index contributed by atoms with van der Waals surface area (Å²) < 4.78 is 0. The first-order valence-electron chi connectivity index (χ1n) is 8.11. The molecule has 4 nitrogen and oxygen atoms in total. The molecule has 0 spiro atoms. The van der Waals surface area contributed by atoms with Gasteiger partial charge in [-0.2, -0.15) is 0 Å². The SMILES string of the molecule is O=C(Nc1ccc(Cl)cc1)c1cc(NCCc2ccc(Cl)cc2)ccn1. The zero-order valence-corrected chi connectivity index (χ0v) is 15.4. The van der Waals surface area contributed by atoms with Crippen LogP contribution < -0.4 is 10.6 Å². The highest BCUT2D eigenvalue weighted by Gasteiger charge is 2.08. The minimum absolute atomic E-state index is 0.270. The van der Waals surface area contributed by atoms with E-state index >= 15 is 0 Å². The maximum Gasteiger partial charge on any atom is 0.274 e. The van der Waals surface area contributed by atoms with Gasteiger partial charge in [-0.05, 0) is 60.5 Å². The Bertz CT molecular complexity index is 880. The predicted molar refractivity (Wildman–Crippen MR) is 107 cm³/mol. The van der Waals surface area contributed by atoms with E-state index in [-0.39, 0.29) is 5.91 Å². The lowest BCUT2D eigenvalue weighted by molar-refractivity contribution is 0.102. The second-order valence-electron chi connectivity index (χ2n) is 5.69. The summed E-state index contributed by atoms with van der Waals surface area (Å²) in [5, 5.41) is 7.45. The number of amides is 1. The minimum atomic E-state index is -0.270. The molecule has 2 aromatic carbocycles. The van der Waals surface area contributed by atoms with Gasteiger partial charge < -0.3 is 10.6 Å². The highest BCUT2D eigenvalue weighted by Crippen LogP contribution is 2.15. The van der Waals surface area contributed by atoms with Crippen LogP contribution in [0.25, 0.3) is 0 Å². The van der Waals surface area contributed by atoms with Crippen molar-refractivity contribution in [3.63, 3.8) is 0 Å². The maximum absolute atomic E-state index is 12.3. The van der Waals surface area contributed by atoms with Crippen molar-refractivity contribution in [1.82, 2.24) is 4.98 Å². The van der Waals surface area contributed by atoms with Crippen LogP contribution >= 0.6 is 23.2 Å². The highest BCUT2D eigenvalue weighted by atomic mass is 35.5. The van der Waals surface area contributed by atoms with Gasteiger partial charge in [0.25, 0.3) is 5.91 Å². The number of hydrogen-bond donors (Lipinski definition) is 2. The fourth-order valence-electron chi connectivity index (χ4n) is 2.40. The Balaban J connectivity index is 1.57. The second-order valence-corrected chi connectivity index (χ2v) is 6.57. The fourth-order valence-corrected chi connectivity index (χ4v) is 2.65. The second kappa shape index (κ2) is 8.70. The number of anilines is 2. The lowest BCUT2D eigenvalue weighted by Gasteiger charge is -2.09. The molecule has 0 aliphatic rings. The molecule has 0 aliphatic heterocycles. The maximum atomic E-state index is 12.3. The number of pyridine rings is 1. The first-order valence-corrected chi connectivity index (χ1v) is 8.87. The molecule has 0 saturated heterocycles. The van der Waals surface area contributed by atoms with Crippen molar-refractivity contribution in [3.8, 4) is 0 Å². The summed E-state index contributed by atoms with van der Waals surface area (Å²) in [5.41, 5.74) is 3.05. The number of carbonyl (C=O) groups excluding carboxylic acids is 1. The number of benzene rings is 2. The molecule has 1 amide bonds. The van der Waals surface area contributed by atoms with Crippen LogP contribution in [0.3, 0.4) is 0 Å². The Morgan fingerprint density at radius 2 is 1.54 bits per heavy atom. The van der Waals surface area contributed by atoms with E-state index in [2.05, 4.69) is 15.6 Å². The van der Waals surface area contributed by atoms with Gasteiger partial charge in [0, 0.05) is 34.2 Å². The molecule has 1 aromatic heterocycles. The Kier molecular flexibility index (Phi) is 6.10. The quantitative estimate of drug-likeness (QED) is 0.605. The Labute approximate surface area is 162 Å². The Hall–Kier alpha value is -2.56. The fraction of sp³-hybridized carbons (Fsp3) is 0.100. The number of hydrogen-bond acceptors (Lipinski definition) is 3. The summed E-state index contributed by atoms with van der Waals surface area (Å²) in [6.07, 6.45) is 2.47. The molecule has 0 atom stereocenters. The van der Waals surface area contributed by atoms with Crippen LogP contribution in [0, 0.1) is 0 Å². The van der Waals surface area contributed by atoms with E-state index in [1.165, 1.54) is 5.56 Å². The van der Waals surface area contributed by atoms with Crippen LogP contribution in [0.1, 0.15) is 16.1 Å². The van der Waals surface area contributed by atoms with Gasteiger partial charge in [0.15, 0.2) is 0 Å². The van der Waals surface area contributed by atoms with Crippen molar-refractivity contribution in [2.45, 2.75) is 6.42 Å². The van der Waals surface area contributed by atoms with Crippen LogP contribution in [0.4, 0.5) is 11.4 Å². The number of aromatic nitrogens is 1. The van der Waals surface area contributed by atoms with Crippen LogP contribution in [-0.2, 0) is 6.42 Å². The monoisotopic (exact) mass is 385 g/mol. The van der Waals surface area contributed by atoms with E-state index in [1.807, 2.05) is 30.3 Å². The molecule has 26 heavy (non-hydrogen) atoms. The van der Waals surface area contributed by atoms with Crippen molar-refractivity contribution in [2.75, 3.05) is 17.2 Å². The van der Waals surface area contributed by atoms with E-state index < -0.39 is 0 Å². The third kappa shape index (κ3) is 5.22. The lowest BCUT2D eigenvalue weighted by Crippen LogP contribution is -2.14. The van der Waals surface area contributed by atoms with Gasteiger partial charge >= 0.3 is 0 Å². The van der Waals surface area contributed by atoms with Gasteiger partial charge in [-0.25, -0.2) is 0 Å². The summed E-state index contributed by atoms with van der Waals surface area (Å²) in [6, 6.07) is 18.3. The number of carbonyl (C=O) groups is 1. The summed E-state index contributed by atoms with van der Waals surface area (Å²) in [5.74, 6) is -0.270. The Morgan fingerprint density at radius 3 is 2.23 bits per heavy atom. The molecular weight excluding hydrogens is 369 g/mol. The highest BCUT2D eigenvalue weighted by molar-refractivity contribution is 6.30. The average Bonchev–Trinajstić information content (AvgIpc) is 2.65. The van der Waals surface area contributed by atoms with Gasteiger partial charge in [0.2, 0.25) is 0 Å². The van der Waals surface area contributed by atoms with Crippen molar-refractivity contribution in [1.29, 1.82) is 0 Å². The third-order valence-electron chi connectivity index (χ3n) is 3.75. The molecular formula is C20H17Cl2N3O. The molecule has 0 radical (unpaired) electrons. The van der Waals surface area contributed by atoms with Crippen molar-refractivity contribution >= 4 is 40.5 Å². The van der Waals surface area contributed by atoms with Crippen LogP contribution in [-0.4, -0.2) is 17.4 Å². The molecule has 0 aliphatic carbocycles. The van der Waals surface area contributed by atoms with E-state index in [4.69, 9.17) is 23.2 Å². The molecule has 0 saturated carbocycles. The summed E-state index contributed by atoms with van der Waals surface area (Å²) >= 11 is 11.7. The largest absolute Gasteiger partial charge is 0.385 e. The first-order chi connectivity index (χ1) is 12.6. The van der Waals surface area contributed by atoms with Crippen molar-refractivity contribution in [3.05, 3.63) is 88.2 Å². The molecule has 0 unspecified atom stereocenters. The normalized spacial score (nSPS) is 10.4. The summed E-state index contributed by atoms with van der Waals surface area (Å²) in [6.45, 7) is 0.740. The molecule has 6 heteroatoms. The van der Waals surface area contributed by atoms with Crippen molar-refractivity contribution in [2.24, 2.45) is 0 Å². The molecule has 0 fully saturated rings. The molecule has 2 N–H and O–H groups in total. The zero-order valence-electron chi connectivity index (χ0n) is 13.9. The van der Waals surface area contributed by atoms with Crippen LogP contribution in [0.15, 0.2) is 66.9 Å². The van der Waals surface area contributed by atoms with E-state index in [0.29, 0.717) is 16.4 Å². The average molecular weight is 386 g/mol. The first kappa shape index (κ1) is 18.2. The van der Waals surface area contributed by atoms with Gasteiger partial charge in [-0.15, -0.1) is 0 Å². The van der Waals surface area contributed by atoms with Gasteiger partial charge in [-0.1, -0.05) is 35.3 Å². The van der Waals surface area contributed by atoms with E-state index in [9.17, 15) is 4.79 Å². The number of rotatable bonds is 6. The van der Waals surface area contributed by atoms with Gasteiger partial charge in [0.05, 0.1) is 0 Å². The minimum Gasteiger partial charge on any atom is -0.385 e. The molecule has 3 aromatic rings. The van der Waals surface area contributed by atoms with Crippen LogP contribution in [0.2, 0.25) is 10.0 Å². The molecule has 3 rings (SSSR count). The molecule has 1 heterocycles. The smallest absolute Gasteiger partial charge is 0.274 e. The van der Waals surface area contributed by atoms with Gasteiger partial charge in [0.1, 0.15) is 5.69 Å². The van der Waals surface area contributed by atoms with Crippen LogP contribution in [0.5, 0.6) is 0 Å². The predicted octanol–water partition coefficient (Wildman–Crippen LogP) is 5.30. The Morgan fingerprint density at radius 1 is 0.885 bits per heavy atom. The lowest BCUT2D eigenvalue weighted by atomic mass is 10.1. The third-order valence-corrected chi connectivity index (χ3v) is 4.25. The summed E-state index contributed by atoms with van der Waals surface area (Å²) in [7, 11) is 0. The number of nitrogens with zero attached hydrogens (tertiary/aromatic N) is 1. The summed E-state index contributed by atoms with van der Waals surface area (Å²) in [4.78, 5) is 16.5. The van der Waals surface area contributed by atoms with Crippen molar-refractivity contribution < 1.29 is 4.79 Å². The molecule has 132 valence electrons. The van der Waals surface area contributed by atoms with Gasteiger partial charge in [-0.3, -0.25) is 9.78 Å². The van der Waals surface area contributed by atoms with E-state index in [0.717, 1.165) is 23.7 Å². The topological polar surface area (TPSA) is 54.0 Å². The molecule has 0 bridgehead atoms. The standard InChI is InChI=1S/C20H17Cl2N3O/c21-15-3-1-14(2-4-15)9-11-23-18-10-12-24-19(13-18)20(26)25-17-7-5-16(22)6-8-17/h1-8,10,12-13H,9,11H2,(H,23,24)(H,25,26). The zero-order chi connectivity index (χ0) is 18.4. The number of halogens is 2. The van der Waals surface area contributed by atoms with E-state index in [1.54, 1.807) is 36.5 Å². The number of nitrogens with one attached hydrogen (secondary N) is 2.